The fourth-order valence-corrected chi connectivity index (χ4v) is 0.955. The molecule has 2 unspecified atom stereocenters. The maximum absolute atomic E-state index is 10.2. The number of carbonyl (C=O) groups excluding carboxylic acids is 2. The van der Waals surface area contributed by atoms with Crippen LogP contribution in [0.25, 0.3) is 0 Å². The van der Waals surface area contributed by atoms with Crippen LogP contribution in [0.2, 0.25) is 0 Å². The third-order valence-corrected chi connectivity index (χ3v) is 1.59. The minimum absolute atomic E-state index is 0. The number of carboxylic acids is 2. The molecule has 0 aromatic rings. The van der Waals surface area contributed by atoms with E-state index in [1.54, 1.807) is 0 Å². The van der Waals surface area contributed by atoms with Gasteiger partial charge in [0.15, 0.2) is 0 Å². The number of hydrogen-bond acceptors (Lipinski definition) is 5. The molecule has 73 valence electrons. The first kappa shape index (κ1) is 11.6. The van der Waals surface area contributed by atoms with Gasteiger partial charge in [0.2, 0.25) is 0 Å². The molecule has 0 bridgehead atoms. The van der Waals surface area contributed by atoms with Gasteiger partial charge in [-0.25, -0.2) is 0 Å². The molecule has 1 heterocycles. The molecule has 1 saturated heterocycles. The Morgan fingerprint density at radius 3 is 2.08 bits per heavy atom. The van der Waals surface area contributed by atoms with E-state index in [1.807, 2.05) is 0 Å². The molecule has 12 heavy (non-hydrogen) atoms. The average molecular weight is 266 g/mol. The van der Waals surface area contributed by atoms with Crippen molar-refractivity contribution in [2.24, 2.45) is 5.92 Å². The predicted octanol–water partition coefficient (Wildman–Crippen LogP) is -3.11. The van der Waals surface area contributed by atoms with Crippen LogP contribution >= 0.6 is 0 Å². The van der Waals surface area contributed by atoms with Crippen LogP contribution in [0.1, 0.15) is 6.42 Å². The van der Waals surface area contributed by atoms with Gasteiger partial charge in [-0.05, 0) is 6.42 Å². The van der Waals surface area contributed by atoms with Gasteiger partial charge >= 0.3 is 0 Å². The molecule has 2 atom stereocenters. The summed E-state index contributed by atoms with van der Waals surface area (Å²) in [5, 5.41) is 20.3. The summed E-state index contributed by atoms with van der Waals surface area (Å²) in [5.74, 6) is -3.44. The number of carbonyl (C=O) groups is 2. The van der Waals surface area contributed by atoms with Crippen molar-refractivity contribution in [1.82, 2.24) is 0 Å². The summed E-state index contributed by atoms with van der Waals surface area (Å²) in [5.41, 5.74) is 0. The van der Waals surface area contributed by atoms with Crippen molar-refractivity contribution >= 4 is 11.9 Å². The quantitative estimate of drug-likeness (QED) is 0.493. The summed E-state index contributed by atoms with van der Waals surface area (Å²) >= 11 is 0. The molecular weight excluding hydrogens is 260 g/mol. The van der Waals surface area contributed by atoms with Gasteiger partial charge in [0.25, 0.3) is 0 Å². The molecule has 0 aromatic heterocycles. The standard InChI is InChI=1S/C6H8O5.Ag/c7-5(8)3-1-4(6(9)10)11-2-3;/h3-4H,1-2H2,(H,7,8)(H,9,10);/p-2. The zero-order valence-corrected chi connectivity index (χ0v) is 7.39. The Balaban J connectivity index is 0.00000121. The molecule has 6 heteroatoms. The van der Waals surface area contributed by atoms with E-state index in [-0.39, 0.29) is 35.4 Å². The molecule has 0 aromatic carbocycles. The topological polar surface area (TPSA) is 89.5 Å². The Morgan fingerprint density at radius 1 is 1.25 bits per heavy atom. The van der Waals surface area contributed by atoms with Gasteiger partial charge in [-0.1, -0.05) is 0 Å². The monoisotopic (exact) mass is 265 g/mol. The van der Waals surface area contributed by atoms with Gasteiger partial charge in [-0.2, -0.15) is 0 Å². The van der Waals surface area contributed by atoms with Gasteiger partial charge in [-0.3, -0.25) is 0 Å². The Labute approximate surface area is 84.2 Å². The average Bonchev–Trinajstić information content (AvgIpc) is 2.33. The molecule has 1 aliphatic rings. The van der Waals surface area contributed by atoms with Crippen molar-refractivity contribution in [2.75, 3.05) is 6.61 Å². The van der Waals surface area contributed by atoms with Gasteiger partial charge in [0.1, 0.15) is 0 Å². The van der Waals surface area contributed by atoms with Crippen LogP contribution in [0.15, 0.2) is 0 Å². The minimum Gasteiger partial charge on any atom is -0.550 e. The summed E-state index contributed by atoms with van der Waals surface area (Å²) in [7, 11) is 0. The number of carboxylic acid groups (broad SMARTS) is 2. The SMILES string of the molecule is O=C([O-])C1COC(C(=O)[O-])C1.[Ag]. The van der Waals surface area contributed by atoms with Crippen LogP contribution < -0.4 is 10.2 Å². The van der Waals surface area contributed by atoms with Crippen molar-refractivity contribution in [2.45, 2.75) is 12.5 Å². The second kappa shape index (κ2) is 4.61. The molecule has 1 fully saturated rings. The van der Waals surface area contributed by atoms with Gasteiger partial charge in [0.05, 0.1) is 18.7 Å². The molecule has 0 amide bonds. The predicted molar refractivity (Wildman–Crippen MR) is 27.9 cm³/mol. The largest absolute Gasteiger partial charge is 0.550 e. The fourth-order valence-electron chi connectivity index (χ4n) is 0.955. The van der Waals surface area contributed by atoms with E-state index < -0.39 is 24.0 Å². The Morgan fingerprint density at radius 2 is 1.83 bits per heavy atom. The first-order valence-electron chi connectivity index (χ1n) is 3.14. The maximum atomic E-state index is 10.2. The van der Waals surface area contributed by atoms with E-state index >= 15 is 0 Å². The first-order valence-corrected chi connectivity index (χ1v) is 3.14. The Kier molecular flexibility index (Phi) is 4.48. The van der Waals surface area contributed by atoms with E-state index in [9.17, 15) is 19.8 Å². The summed E-state index contributed by atoms with van der Waals surface area (Å²) in [4.78, 5) is 20.3. The number of hydrogen-bond donors (Lipinski definition) is 0. The zero-order valence-electron chi connectivity index (χ0n) is 5.91. The van der Waals surface area contributed by atoms with Crippen molar-refractivity contribution in [1.29, 1.82) is 0 Å². The third kappa shape index (κ3) is 2.60. The van der Waals surface area contributed by atoms with Gasteiger partial charge in [0, 0.05) is 34.3 Å². The molecule has 0 aliphatic carbocycles. The second-order valence-electron chi connectivity index (χ2n) is 2.39. The van der Waals surface area contributed by atoms with Crippen molar-refractivity contribution in [3.05, 3.63) is 0 Å². The number of aliphatic carboxylic acids is 2. The summed E-state index contributed by atoms with van der Waals surface area (Å²) in [6, 6.07) is 0. The normalized spacial score (nSPS) is 27.7. The van der Waals surface area contributed by atoms with Crippen LogP contribution in [0.4, 0.5) is 0 Å². The smallest absolute Gasteiger partial charge is 0.0975 e. The molecule has 0 spiro atoms. The number of ether oxygens (including phenoxy) is 1. The van der Waals surface area contributed by atoms with Crippen molar-refractivity contribution in [3.63, 3.8) is 0 Å². The minimum atomic E-state index is -1.37. The molecule has 1 rings (SSSR count). The molecule has 1 aliphatic heterocycles. The molecule has 0 N–H and O–H groups in total. The Hall–Kier alpha value is -0.360. The van der Waals surface area contributed by atoms with E-state index in [4.69, 9.17) is 0 Å². The molecule has 1 radical (unpaired) electrons. The van der Waals surface area contributed by atoms with Gasteiger partial charge < -0.3 is 24.5 Å². The van der Waals surface area contributed by atoms with Crippen molar-refractivity contribution < 1.29 is 46.9 Å². The van der Waals surface area contributed by atoms with E-state index in [1.165, 1.54) is 0 Å². The van der Waals surface area contributed by atoms with Crippen LogP contribution in [-0.2, 0) is 36.7 Å². The first-order chi connectivity index (χ1) is 5.11. The summed E-state index contributed by atoms with van der Waals surface area (Å²) < 4.78 is 4.61. The fraction of sp³-hybridized carbons (Fsp3) is 0.667. The summed E-state index contributed by atoms with van der Waals surface area (Å²) in [6.07, 6.45) is -1.14. The molecule has 5 nitrogen and oxygen atoms in total. The number of rotatable bonds is 2. The van der Waals surface area contributed by atoms with E-state index in [0.29, 0.717) is 0 Å². The van der Waals surface area contributed by atoms with Crippen LogP contribution in [0, 0.1) is 5.92 Å². The third-order valence-electron chi connectivity index (χ3n) is 1.59. The maximum Gasteiger partial charge on any atom is 0.0975 e. The van der Waals surface area contributed by atoms with Gasteiger partial charge in [-0.15, -0.1) is 0 Å². The Bertz CT molecular complexity index is 172. The van der Waals surface area contributed by atoms with E-state index in [0.717, 1.165) is 0 Å². The summed E-state index contributed by atoms with van der Waals surface area (Å²) in [6.45, 7) is -0.0962. The van der Waals surface area contributed by atoms with Crippen molar-refractivity contribution in [3.8, 4) is 0 Å². The zero-order chi connectivity index (χ0) is 8.43. The van der Waals surface area contributed by atoms with Crippen LogP contribution in [-0.4, -0.2) is 24.6 Å². The van der Waals surface area contributed by atoms with Crippen LogP contribution in [0.3, 0.4) is 0 Å². The second-order valence-corrected chi connectivity index (χ2v) is 2.39. The molecule has 0 saturated carbocycles. The van der Waals surface area contributed by atoms with Crippen LogP contribution in [0.5, 0.6) is 0 Å². The van der Waals surface area contributed by atoms with E-state index in [2.05, 4.69) is 4.74 Å². The molecular formula is C6H6AgO5-2.